The Morgan fingerprint density at radius 2 is 1.88 bits per heavy atom. The van der Waals surface area contributed by atoms with E-state index in [0.717, 1.165) is 23.6 Å². The smallest absolute Gasteiger partial charge is 0.258 e. The number of nitrogens with one attached hydrogen (secondary N) is 1. The molecule has 0 aliphatic heterocycles. The van der Waals surface area contributed by atoms with Crippen LogP contribution in [0.3, 0.4) is 0 Å². The molecule has 6 nitrogen and oxygen atoms in total. The van der Waals surface area contributed by atoms with Crippen molar-refractivity contribution in [2.24, 2.45) is 0 Å². The standard InChI is InChI=1S/C19H23N5O/c1-5-23-12-17(10-20-23)19(25)21-18-14(3)22-24(15(18)4)11-16-8-6-13(2)7-9-16/h6-10,12H,5,11H2,1-4H3,(H,21,25). The van der Waals surface area contributed by atoms with Crippen molar-refractivity contribution in [1.29, 1.82) is 0 Å². The number of nitrogens with zero attached hydrogens (tertiary/aromatic N) is 4. The molecule has 1 aromatic carbocycles. The first kappa shape index (κ1) is 17.0. The molecular weight excluding hydrogens is 314 g/mol. The number of anilines is 1. The average Bonchev–Trinajstić information content (AvgIpc) is 3.18. The molecule has 3 rings (SSSR count). The minimum Gasteiger partial charge on any atom is -0.319 e. The van der Waals surface area contributed by atoms with E-state index >= 15 is 0 Å². The number of hydrogen-bond donors (Lipinski definition) is 1. The van der Waals surface area contributed by atoms with Crippen molar-refractivity contribution in [3.05, 3.63) is 64.7 Å². The average molecular weight is 337 g/mol. The quantitative estimate of drug-likeness (QED) is 0.777. The van der Waals surface area contributed by atoms with Gasteiger partial charge in [0.1, 0.15) is 0 Å². The largest absolute Gasteiger partial charge is 0.319 e. The van der Waals surface area contributed by atoms with Crippen LogP contribution < -0.4 is 5.32 Å². The first-order valence-corrected chi connectivity index (χ1v) is 8.41. The van der Waals surface area contributed by atoms with Crippen molar-refractivity contribution in [3.8, 4) is 0 Å². The van der Waals surface area contributed by atoms with Crippen molar-refractivity contribution in [1.82, 2.24) is 19.6 Å². The molecule has 1 amide bonds. The molecule has 0 saturated heterocycles. The zero-order valence-corrected chi connectivity index (χ0v) is 15.1. The van der Waals surface area contributed by atoms with Crippen LogP contribution in [0.2, 0.25) is 0 Å². The van der Waals surface area contributed by atoms with E-state index in [9.17, 15) is 4.79 Å². The molecule has 0 bridgehead atoms. The number of carbonyl (C=O) groups is 1. The van der Waals surface area contributed by atoms with Crippen LogP contribution in [-0.2, 0) is 13.1 Å². The number of aryl methyl sites for hydroxylation is 3. The molecule has 2 heterocycles. The van der Waals surface area contributed by atoms with E-state index in [1.54, 1.807) is 17.1 Å². The first-order chi connectivity index (χ1) is 12.0. The van der Waals surface area contributed by atoms with Gasteiger partial charge in [-0.2, -0.15) is 10.2 Å². The normalized spacial score (nSPS) is 10.9. The van der Waals surface area contributed by atoms with Gasteiger partial charge in [-0.05, 0) is 33.3 Å². The van der Waals surface area contributed by atoms with Gasteiger partial charge in [-0.1, -0.05) is 29.8 Å². The molecule has 3 aromatic rings. The Morgan fingerprint density at radius 3 is 2.52 bits per heavy atom. The fourth-order valence-corrected chi connectivity index (χ4v) is 2.74. The Bertz CT molecular complexity index is 889. The molecule has 2 aromatic heterocycles. The third-order valence-corrected chi connectivity index (χ3v) is 4.29. The van der Waals surface area contributed by atoms with Gasteiger partial charge in [0.25, 0.3) is 5.91 Å². The highest BCUT2D eigenvalue weighted by Crippen LogP contribution is 2.21. The number of carbonyl (C=O) groups excluding carboxylic acids is 1. The molecule has 0 radical (unpaired) electrons. The fraction of sp³-hybridized carbons (Fsp3) is 0.316. The van der Waals surface area contributed by atoms with Gasteiger partial charge in [0.05, 0.1) is 35.4 Å². The lowest BCUT2D eigenvalue weighted by molar-refractivity contribution is 0.102. The summed E-state index contributed by atoms with van der Waals surface area (Å²) in [5, 5.41) is 11.7. The maximum Gasteiger partial charge on any atom is 0.258 e. The highest BCUT2D eigenvalue weighted by Gasteiger charge is 2.16. The molecule has 0 fully saturated rings. The molecule has 0 atom stereocenters. The highest BCUT2D eigenvalue weighted by molar-refractivity contribution is 6.04. The Labute approximate surface area is 147 Å². The van der Waals surface area contributed by atoms with Crippen LogP contribution in [0.25, 0.3) is 0 Å². The van der Waals surface area contributed by atoms with E-state index in [0.29, 0.717) is 12.1 Å². The van der Waals surface area contributed by atoms with E-state index < -0.39 is 0 Å². The van der Waals surface area contributed by atoms with Crippen molar-refractivity contribution >= 4 is 11.6 Å². The molecule has 1 N–H and O–H groups in total. The summed E-state index contributed by atoms with van der Waals surface area (Å²) in [7, 11) is 0. The molecule has 0 aliphatic rings. The minimum atomic E-state index is -0.166. The molecule has 6 heteroatoms. The Morgan fingerprint density at radius 1 is 1.16 bits per heavy atom. The number of rotatable bonds is 5. The van der Waals surface area contributed by atoms with Gasteiger partial charge in [-0.15, -0.1) is 0 Å². The van der Waals surface area contributed by atoms with Gasteiger partial charge in [0, 0.05) is 12.7 Å². The molecule has 0 aliphatic carbocycles. The fourth-order valence-electron chi connectivity index (χ4n) is 2.74. The van der Waals surface area contributed by atoms with E-state index in [1.165, 1.54) is 11.1 Å². The second-order valence-corrected chi connectivity index (χ2v) is 6.23. The number of aromatic nitrogens is 4. The summed E-state index contributed by atoms with van der Waals surface area (Å²) in [5.74, 6) is -0.166. The summed E-state index contributed by atoms with van der Waals surface area (Å²) in [5.41, 5.74) is 5.47. The molecule has 130 valence electrons. The Kier molecular flexibility index (Phi) is 4.70. The molecular formula is C19H23N5O. The van der Waals surface area contributed by atoms with Crippen molar-refractivity contribution in [2.75, 3.05) is 5.32 Å². The van der Waals surface area contributed by atoms with E-state index in [4.69, 9.17) is 0 Å². The first-order valence-electron chi connectivity index (χ1n) is 8.41. The number of hydrogen-bond acceptors (Lipinski definition) is 3. The predicted molar refractivity (Wildman–Crippen MR) is 97.8 cm³/mol. The Hall–Kier alpha value is -2.89. The zero-order valence-electron chi connectivity index (χ0n) is 15.1. The van der Waals surface area contributed by atoms with Crippen LogP contribution >= 0.6 is 0 Å². The minimum absolute atomic E-state index is 0.166. The predicted octanol–water partition coefficient (Wildman–Crippen LogP) is 3.33. The van der Waals surface area contributed by atoms with Gasteiger partial charge in [-0.25, -0.2) is 0 Å². The second-order valence-electron chi connectivity index (χ2n) is 6.23. The topological polar surface area (TPSA) is 64.7 Å². The molecule has 0 unspecified atom stereocenters. The molecule has 25 heavy (non-hydrogen) atoms. The monoisotopic (exact) mass is 337 g/mol. The lowest BCUT2D eigenvalue weighted by Crippen LogP contribution is -2.13. The van der Waals surface area contributed by atoms with Gasteiger partial charge >= 0.3 is 0 Å². The van der Waals surface area contributed by atoms with Crippen molar-refractivity contribution < 1.29 is 4.79 Å². The SMILES string of the molecule is CCn1cc(C(=O)Nc2c(C)nn(Cc3ccc(C)cc3)c2C)cn1. The van der Waals surface area contributed by atoms with E-state index in [-0.39, 0.29) is 5.91 Å². The second kappa shape index (κ2) is 6.93. The summed E-state index contributed by atoms with van der Waals surface area (Å²) in [6, 6.07) is 8.39. The van der Waals surface area contributed by atoms with Gasteiger partial charge < -0.3 is 5.32 Å². The third-order valence-electron chi connectivity index (χ3n) is 4.29. The number of benzene rings is 1. The summed E-state index contributed by atoms with van der Waals surface area (Å²) in [6.45, 7) is 9.35. The van der Waals surface area contributed by atoms with Crippen LogP contribution in [0, 0.1) is 20.8 Å². The molecule has 0 saturated carbocycles. The lowest BCUT2D eigenvalue weighted by atomic mass is 10.1. The van der Waals surface area contributed by atoms with Crippen LogP contribution in [0.4, 0.5) is 5.69 Å². The maximum absolute atomic E-state index is 12.5. The lowest BCUT2D eigenvalue weighted by Gasteiger charge is -2.07. The van der Waals surface area contributed by atoms with E-state index in [1.807, 2.05) is 25.5 Å². The zero-order chi connectivity index (χ0) is 18.0. The number of amides is 1. The van der Waals surface area contributed by atoms with Gasteiger partial charge in [0.15, 0.2) is 0 Å². The van der Waals surface area contributed by atoms with Crippen LogP contribution in [-0.4, -0.2) is 25.5 Å². The summed E-state index contributed by atoms with van der Waals surface area (Å²) >= 11 is 0. The van der Waals surface area contributed by atoms with Crippen LogP contribution in [0.15, 0.2) is 36.7 Å². The summed E-state index contributed by atoms with van der Waals surface area (Å²) in [4.78, 5) is 12.5. The van der Waals surface area contributed by atoms with Crippen molar-refractivity contribution in [3.63, 3.8) is 0 Å². The van der Waals surface area contributed by atoms with Gasteiger partial charge in [0.2, 0.25) is 0 Å². The van der Waals surface area contributed by atoms with Crippen LogP contribution in [0.5, 0.6) is 0 Å². The highest BCUT2D eigenvalue weighted by atomic mass is 16.1. The maximum atomic E-state index is 12.5. The third kappa shape index (κ3) is 3.63. The Balaban J connectivity index is 1.79. The summed E-state index contributed by atoms with van der Waals surface area (Å²) in [6.07, 6.45) is 3.33. The summed E-state index contributed by atoms with van der Waals surface area (Å²) < 4.78 is 3.65. The van der Waals surface area contributed by atoms with E-state index in [2.05, 4.69) is 46.7 Å². The van der Waals surface area contributed by atoms with Gasteiger partial charge in [-0.3, -0.25) is 14.2 Å². The molecule has 0 spiro atoms. The van der Waals surface area contributed by atoms with Crippen LogP contribution in [0.1, 0.15) is 39.8 Å². The van der Waals surface area contributed by atoms with Crippen molar-refractivity contribution in [2.45, 2.75) is 40.8 Å².